The van der Waals surface area contributed by atoms with Crippen LogP contribution < -0.4 is 5.32 Å². The molecule has 3 rings (SSSR count). The number of nitrogens with zero attached hydrogens (tertiary/aromatic N) is 2. The zero-order valence-corrected chi connectivity index (χ0v) is 15.6. The molecule has 2 aliphatic heterocycles. The standard InChI is InChI=1S/C18H29N3O5/c1-12-16(24)21(10-8-19-12)13(17(25)26-2)3-4-15(23)20-9-7-18(5-6-18)14(22)11-20/h12-14,19,22H,3-11H2,1-2H3/t12-,13+,14+/m0/s1. The summed E-state index contributed by atoms with van der Waals surface area (Å²) in [6, 6.07) is -1.09. The molecule has 1 saturated carbocycles. The van der Waals surface area contributed by atoms with Gasteiger partial charge in [-0.15, -0.1) is 0 Å². The molecule has 0 aromatic rings. The summed E-state index contributed by atoms with van der Waals surface area (Å²) >= 11 is 0. The molecule has 0 unspecified atom stereocenters. The molecule has 0 radical (unpaired) electrons. The van der Waals surface area contributed by atoms with Gasteiger partial charge in [0, 0.05) is 32.6 Å². The van der Waals surface area contributed by atoms with Crippen LogP contribution in [0.1, 0.15) is 39.0 Å². The molecule has 0 aromatic carbocycles. The number of piperazine rings is 1. The van der Waals surface area contributed by atoms with Crippen molar-refractivity contribution in [3.05, 3.63) is 0 Å². The summed E-state index contributed by atoms with van der Waals surface area (Å²) in [5, 5.41) is 13.3. The van der Waals surface area contributed by atoms with Crippen LogP contribution in [0.2, 0.25) is 0 Å². The number of rotatable bonds is 5. The molecule has 146 valence electrons. The normalized spacial score (nSPS) is 28.8. The molecular weight excluding hydrogens is 338 g/mol. The quantitative estimate of drug-likeness (QED) is 0.636. The van der Waals surface area contributed by atoms with Crippen LogP contribution in [0.5, 0.6) is 0 Å². The van der Waals surface area contributed by atoms with E-state index in [1.54, 1.807) is 11.8 Å². The fraction of sp³-hybridized carbons (Fsp3) is 0.833. The van der Waals surface area contributed by atoms with E-state index in [0.29, 0.717) is 26.2 Å². The molecule has 2 saturated heterocycles. The Morgan fingerprint density at radius 3 is 2.69 bits per heavy atom. The minimum Gasteiger partial charge on any atom is -0.467 e. The highest BCUT2D eigenvalue weighted by Crippen LogP contribution is 2.53. The molecule has 3 fully saturated rings. The fourth-order valence-corrected chi connectivity index (χ4v) is 4.10. The van der Waals surface area contributed by atoms with Crippen LogP contribution in [0, 0.1) is 5.41 Å². The van der Waals surface area contributed by atoms with Gasteiger partial charge < -0.3 is 25.0 Å². The van der Waals surface area contributed by atoms with Crippen molar-refractivity contribution < 1.29 is 24.2 Å². The van der Waals surface area contributed by atoms with Gasteiger partial charge in [-0.1, -0.05) is 0 Å². The monoisotopic (exact) mass is 367 g/mol. The highest BCUT2D eigenvalue weighted by molar-refractivity contribution is 5.88. The van der Waals surface area contributed by atoms with E-state index < -0.39 is 18.1 Å². The lowest BCUT2D eigenvalue weighted by Gasteiger charge is -2.38. The van der Waals surface area contributed by atoms with Crippen molar-refractivity contribution in [1.82, 2.24) is 15.1 Å². The number of methoxy groups -OCH3 is 1. The third-order valence-electron chi connectivity index (χ3n) is 6.16. The SMILES string of the molecule is COC(=O)[C@@H](CCC(=O)N1CCC2(CC2)[C@H](O)C1)N1CCN[C@@H](C)C1=O. The Bertz CT molecular complexity index is 577. The largest absolute Gasteiger partial charge is 0.467 e. The number of carbonyl (C=O) groups is 3. The van der Waals surface area contributed by atoms with E-state index in [2.05, 4.69) is 5.32 Å². The van der Waals surface area contributed by atoms with E-state index >= 15 is 0 Å². The van der Waals surface area contributed by atoms with Gasteiger partial charge in [-0.2, -0.15) is 0 Å². The summed E-state index contributed by atoms with van der Waals surface area (Å²) in [5.74, 6) is -0.719. The van der Waals surface area contributed by atoms with Gasteiger partial charge >= 0.3 is 5.97 Å². The predicted octanol–water partition coefficient (Wildman–Crippen LogP) is -0.498. The maximum Gasteiger partial charge on any atom is 0.328 e. The Kier molecular flexibility index (Phi) is 5.53. The second-order valence-corrected chi connectivity index (χ2v) is 7.75. The number of likely N-dealkylation sites (tertiary alicyclic amines) is 1. The number of β-amino-alcohol motifs (C(OH)–C–C–N with tert-alkyl or cyclic N) is 1. The molecule has 0 bridgehead atoms. The molecule has 2 amide bonds. The van der Waals surface area contributed by atoms with Crippen molar-refractivity contribution in [3.8, 4) is 0 Å². The summed E-state index contributed by atoms with van der Waals surface area (Å²) in [4.78, 5) is 40.3. The van der Waals surface area contributed by atoms with Gasteiger partial charge in [-0.05, 0) is 38.0 Å². The number of aliphatic hydroxyl groups excluding tert-OH is 1. The molecule has 0 aromatic heterocycles. The number of carbonyl (C=O) groups excluding carboxylic acids is 3. The number of piperidine rings is 1. The lowest BCUT2D eigenvalue weighted by molar-refractivity contribution is -0.155. The average molecular weight is 367 g/mol. The third kappa shape index (κ3) is 3.71. The van der Waals surface area contributed by atoms with E-state index in [9.17, 15) is 19.5 Å². The highest BCUT2D eigenvalue weighted by Gasteiger charge is 2.51. The lowest BCUT2D eigenvalue weighted by atomic mass is 9.90. The molecular formula is C18H29N3O5. The van der Waals surface area contributed by atoms with Crippen molar-refractivity contribution >= 4 is 17.8 Å². The van der Waals surface area contributed by atoms with Gasteiger partial charge in [0.25, 0.3) is 0 Å². The van der Waals surface area contributed by atoms with Crippen molar-refractivity contribution in [3.63, 3.8) is 0 Å². The van der Waals surface area contributed by atoms with Crippen molar-refractivity contribution in [2.75, 3.05) is 33.3 Å². The van der Waals surface area contributed by atoms with Gasteiger partial charge in [0.05, 0.1) is 19.3 Å². The summed E-state index contributed by atoms with van der Waals surface area (Å²) in [6.07, 6.45) is 2.88. The first-order chi connectivity index (χ1) is 12.4. The third-order valence-corrected chi connectivity index (χ3v) is 6.16. The Morgan fingerprint density at radius 2 is 2.08 bits per heavy atom. The van der Waals surface area contributed by atoms with E-state index in [0.717, 1.165) is 19.3 Å². The number of hydrogen-bond acceptors (Lipinski definition) is 6. The van der Waals surface area contributed by atoms with Gasteiger partial charge in [0.2, 0.25) is 11.8 Å². The Labute approximate surface area is 153 Å². The van der Waals surface area contributed by atoms with E-state index in [1.165, 1.54) is 12.0 Å². The summed E-state index contributed by atoms with van der Waals surface area (Å²) in [5.41, 5.74) is 0.0503. The zero-order chi connectivity index (χ0) is 18.9. The minimum atomic E-state index is -0.745. The summed E-state index contributed by atoms with van der Waals surface area (Å²) < 4.78 is 4.86. The number of hydrogen-bond donors (Lipinski definition) is 2. The van der Waals surface area contributed by atoms with Crippen molar-refractivity contribution in [2.45, 2.75) is 57.2 Å². The first-order valence-corrected chi connectivity index (χ1v) is 9.45. The molecule has 2 N–H and O–H groups in total. The minimum absolute atomic E-state index is 0.0503. The van der Waals surface area contributed by atoms with Gasteiger partial charge in [0.1, 0.15) is 6.04 Å². The lowest BCUT2D eigenvalue weighted by Crippen LogP contribution is -2.59. The Morgan fingerprint density at radius 1 is 1.35 bits per heavy atom. The maximum atomic E-state index is 12.6. The molecule has 1 aliphatic carbocycles. The molecule has 3 aliphatic rings. The second-order valence-electron chi connectivity index (χ2n) is 7.75. The number of esters is 1. The van der Waals surface area contributed by atoms with Gasteiger partial charge in [0.15, 0.2) is 0 Å². The highest BCUT2D eigenvalue weighted by atomic mass is 16.5. The molecule has 8 nitrogen and oxygen atoms in total. The van der Waals surface area contributed by atoms with Crippen LogP contribution in [-0.2, 0) is 19.1 Å². The first-order valence-electron chi connectivity index (χ1n) is 9.45. The average Bonchev–Trinajstić information content (AvgIpc) is 3.41. The van der Waals surface area contributed by atoms with Crippen LogP contribution in [0.4, 0.5) is 0 Å². The molecule has 8 heteroatoms. The van der Waals surface area contributed by atoms with Crippen molar-refractivity contribution in [2.24, 2.45) is 5.41 Å². The number of ether oxygens (including phenoxy) is 1. The van der Waals surface area contributed by atoms with Gasteiger partial charge in [-0.3, -0.25) is 9.59 Å². The van der Waals surface area contributed by atoms with Crippen LogP contribution in [0.3, 0.4) is 0 Å². The molecule has 2 heterocycles. The first kappa shape index (κ1) is 19.1. The van der Waals surface area contributed by atoms with E-state index in [1.807, 2.05) is 0 Å². The van der Waals surface area contributed by atoms with E-state index in [4.69, 9.17) is 4.74 Å². The Hall–Kier alpha value is -1.67. The fourth-order valence-electron chi connectivity index (χ4n) is 4.10. The van der Waals surface area contributed by atoms with Crippen LogP contribution >= 0.6 is 0 Å². The summed E-state index contributed by atoms with van der Waals surface area (Å²) in [7, 11) is 1.29. The zero-order valence-electron chi connectivity index (χ0n) is 15.6. The van der Waals surface area contributed by atoms with Gasteiger partial charge in [-0.25, -0.2) is 4.79 Å². The predicted molar refractivity (Wildman–Crippen MR) is 93.1 cm³/mol. The van der Waals surface area contributed by atoms with E-state index in [-0.39, 0.29) is 36.1 Å². The maximum absolute atomic E-state index is 12.6. The number of nitrogens with one attached hydrogen (secondary N) is 1. The summed E-state index contributed by atoms with van der Waals surface area (Å²) in [6.45, 7) is 3.81. The Balaban J connectivity index is 1.58. The number of amides is 2. The topological polar surface area (TPSA) is 99.2 Å². The van der Waals surface area contributed by atoms with Crippen molar-refractivity contribution in [1.29, 1.82) is 0 Å². The number of aliphatic hydroxyl groups is 1. The van der Waals surface area contributed by atoms with Crippen LogP contribution in [-0.4, -0.2) is 84.2 Å². The smallest absolute Gasteiger partial charge is 0.328 e. The van der Waals surface area contributed by atoms with Crippen LogP contribution in [0.25, 0.3) is 0 Å². The van der Waals surface area contributed by atoms with Crippen LogP contribution in [0.15, 0.2) is 0 Å². The molecule has 3 atom stereocenters. The second kappa shape index (κ2) is 7.52. The molecule has 1 spiro atoms. The molecule has 26 heavy (non-hydrogen) atoms.